The minimum atomic E-state index is -0.897. The minimum absolute atomic E-state index is 0.0400. The van der Waals surface area contributed by atoms with Crippen molar-refractivity contribution < 1.29 is 29.2 Å². The Morgan fingerprint density at radius 3 is 2.00 bits per heavy atom. The molecule has 164 valence electrons. The van der Waals surface area contributed by atoms with Crippen molar-refractivity contribution in [2.45, 2.75) is 50.9 Å². The number of hydrogen-bond acceptors (Lipinski definition) is 6. The quantitative estimate of drug-likeness (QED) is 0.437. The van der Waals surface area contributed by atoms with Crippen molar-refractivity contribution in [3.63, 3.8) is 0 Å². The first kappa shape index (κ1) is 24.0. The van der Waals surface area contributed by atoms with Gasteiger partial charge in [0.15, 0.2) is 0 Å². The van der Waals surface area contributed by atoms with Crippen LogP contribution in [0.25, 0.3) is 0 Å². The van der Waals surface area contributed by atoms with Crippen LogP contribution in [-0.4, -0.2) is 47.2 Å². The van der Waals surface area contributed by atoms with E-state index in [2.05, 4.69) is 13.8 Å². The van der Waals surface area contributed by atoms with Crippen molar-refractivity contribution in [3.05, 3.63) is 59.7 Å². The SMILES string of the molecule is CC(=O)OC(C)[C@H](Cl)Oc1ccc(C(C)(C)c2ccc(OC[C@@H](O)CO)cc2)cc1. The van der Waals surface area contributed by atoms with Crippen molar-refractivity contribution in [1.29, 1.82) is 0 Å². The molecule has 0 bridgehead atoms. The number of esters is 1. The van der Waals surface area contributed by atoms with Crippen molar-refractivity contribution in [1.82, 2.24) is 0 Å². The molecule has 0 aromatic heterocycles. The maximum absolute atomic E-state index is 11.0. The predicted molar refractivity (Wildman–Crippen MR) is 115 cm³/mol. The van der Waals surface area contributed by atoms with Gasteiger partial charge in [-0.2, -0.15) is 0 Å². The van der Waals surface area contributed by atoms with Crippen LogP contribution in [0.1, 0.15) is 38.8 Å². The Kier molecular flexibility index (Phi) is 8.53. The van der Waals surface area contributed by atoms with Gasteiger partial charge in [0.25, 0.3) is 0 Å². The molecule has 2 rings (SSSR count). The second-order valence-electron chi connectivity index (χ2n) is 7.60. The summed E-state index contributed by atoms with van der Waals surface area (Å²) < 4.78 is 16.1. The highest BCUT2D eigenvalue weighted by Crippen LogP contribution is 2.33. The Bertz CT molecular complexity index is 803. The largest absolute Gasteiger partial charge is 0.491 e. The van der Waals surface area contributed by atoms with Gasteiger partial charge in [-0.1, -0.05) is 49.7 Å². The summed E-state index contributed by atoms with van der Waals surface area (Å²) in [5, 5.41) is 18.2. The van der Waals surface area contributed by atoms with Gasteiger partial charge < -0.3 is 24.4 Å². The Morgan fingerprint density at radius 2 is 1.53 bits per heavy atom. The van der Waals surface area contributed by atoms with Crippen LogP contribution in [0.2, 0.25) is 0 Å². The predicted octanol–water partition coefficient (Wildman–Crippen LogP) is 3.64. The summed E-state index contributed by atoms with van der Waals surface area (Å²) >= 11 is 6.16. The maximum atomic E-state index is 11.0. The minimum Gasteiger partial charge on any atom is -0.491 e. The first-order valence-electron chi connectivity index (χ1n) is 9.74. The molecule has 0 aliphatic heterocycles. The highest BCUT2D eigenvalue weighted by molar-refractivity contribution is 6.20. The molecule has 0 heterocycles. The Labute approximate surface area is 182 Å². The third-order valence-electron chi connectivity index (χ3n) is 4.77. The van der Waals surface area contributed by atoms with E-state index in [-0.39, 0.29) is 18.6 Å². The lowest BCUT2D eigenvalue weighted by Crippen LogP contribution is -2.28. The van der Waals surface area contributed by atoms with Crippen molar-refractivity contribution >= 4 is 17.6 Å². The van der Waals surface area contributed by atoms with Gasteiger partial charge in [0.2, 0.25) is 5.56 Å². The number of halogens is 1. The molecule has 0 saturated carbocycles. The number of benzene rings is 2. The van der Waals surface area contributed by atoms with Crippen LogP contribution >= 0.6 is 11.6 Å². The highest BCUT2D eigenvalue weighted by Gasteiger charge is 2.24. The van der Waals surface area contributed by atoms with E-state index in [1.165, 1.54) is 6.92 Å². The van der Waals surface area contributed by atoms with Gasteiger partial charge in [-0.25, -0.2) is 0 Å². The Balaban J connectivity index is 2.04. The van der Waals surface area contributed by atoms with Crippen LogP contribution in [0.3, 0.4) is 0 Å². The lowest BCUT2D eigenvalue weighted by molar-refractivity contribution is -0.147. The van der Waals surface area contributed by atoms with Crippen molar-refractivity contribution in [3.8, 4) is 11.5 Å². The van der Waals surface area contributed by atoms with Crippen LogP contribution in [0.15, 0.2) is 48.5 Å². The second-order valence-corrected chi connectivity index (χ2v) is 8.03. The van der Waals surface area contributed by atoms with Gasteiger partial charge in [0, 0.05) is 12.3 Å². The second kappa shape index (κ2) is 10.7. The lowest BCUT2D eigenvalue weighted by Gasteiger charge is -2.27. The molecule has 2 aromatic rings. The fourth-order valence-corrected chi connectivity index (χ4v) is 3.03. The zero-order valence-corrected chi connectivity index (χ0v) is 18.4. The van der Waals surface area contributed by atoms with Crippen LogP contribution in [-0.2, 0) is 14.9 Å². The van der Waals surface area contributed by atoms with Crippen LogP contribution in [0.5, 0.6) is 11.5 Å². The van der Waals surface area contributed by atoms with E-state index in [9.17, 15) is 9.90 Å². The standard InChI is InChI=1S/C23H29ClO6/c1-15(29-16(2)26)22(24)30-21-11-7-18(8-12-21)23(3,4)17-5-9-20(10-6-17)28-14-19(27)13-25/h5-12,15,19,22,25,27H,13-14H2,1-4H3/t15?,19-,22+/m0/s1. The third-order valence-corrected chi connectivity index (χ3v) is 5.22. The number of alkyl halides is 1. The number of carbonyl (C=O) groups is 1. The molecule has 0 fully saturated rings. The van der Waals surface area contributed by atoms with E-state index in [4.69, 9.17) is 30.9 Å². The summed E-state index contributed by atoms with van der Waals surface area (Å²) in [6.45, 7) is 6.93. The number of hydrogen-bond donors (Lipinski definition) is 2. The molecule has 0 amide bonds. The first-order valence-corrected chi connectivity index (χ1v) is 10.2. The molecule has 0 radical (unpaired) electrons. The Hall–Kier alpha value is -2.28. The van der Waals surface area contributed by atoms with E-state index in [1.54, 1.807) is 6.92 Å². The summed E-state index contributed by atoms with van der Waals surface area (Å²) in [6.07, 6.45) is -1.47. The number of ether oxygens (including phenoxy) is 3. The van der Waals surface area contributed by atoms with Crippen molar-refractivity contribution in [2.75, 3.05) is 13.2 Å². The summed E-state index contributed by atoms with van der Waals surface area (Å²) in [6, 6.07) is 15.2. The number of aliphatic hydroxyl groups excluding tert-OH is 2. The topological polar surface area (TPSA) is 85.2 Å². The summed E-state index contributed by atoms with van der Waals surface area (Å²) in [7, 11) is 0. The van der Waals surface area contributed by atoms with Gasteiger partial charge in [-0.05, 0) is 42.3 Å². The first-order chi connectivity index (χ1) is 14.1. The van der Waals surface area contributed by atoms with Crippen molar-refractivity contribution in [2.24, 2.45) is 0 Å². The number of rotatable bonds is 10. The average Bonchev–Trinajstić information content (AvgIpc) is 2.72. The normalized spacial score (nSPS) is 14.5. The molecule has 7 heteroatoms. The van der Waals surface area contributed by atoms with E-state index >= 15 is 0 Å². The molecule has 1 unspecified atom stereocenters. The number of carbonyl (C=O) groups excluding carboxylic acids is 1. The van der Waals surface area contributed by atoms with Gasteiger partial charge in [-0.15, -0.1) is 0 Å². The van der Waals surface area contributed by atoms with E-state index in [0.717, 1.165) is 11.1 Å². The monoisotopic (exact) mass is 436 g/mol. The summed E-state index contributed by atoms with van der Waals surface area (Å²) in [4.78, 5) is 11.0. The fraction of sp³-hybridized carbons (Fsp3) is 0.435. The van der Waals surface area contributed by atoms with Crippen LogP contribution in [0.4, 0.5) is 0 Å². The molecular formula is C23H29ClO6. The summed E-state index contributed by atoms with van der Waals surface area (Å²) in [5.41, 5.74) is 1.11. The van der Waals surface area contributed by atoms with E-state index in [1.807, 2.05) is 48.5 Å². The molecule has 0 saturated heterocycles. The molecule has 2 N–H and O–H groups in total. The average molecular weight is 437 g/mol. The molecule has 0 aliphatic carbocycles. The smallest absolute Gasteiger partial charge is 0.303 e. The summed E-state index contributed by atoms with van der Waals surface area (Å²) in [5.74, 6) is 0.801. The third kappa shape index (κ3) is 6.62. The van der Waals surface area contributed by atoms with Gasteiger partial charge in [-0.3, -0.25) is 4.79 Å². The fourth-order valence-electron chi connectivity index (χ4n) is 2.87. The molecule has 2 aromatic carbocycles. The number of aliphatic hydroxyl groups is 2. The molecular weight excluding hydrogens is 408 g/mol. The highest BCUT2D eigenvalue weighted by atomic mass is 35.5. The molecule has 0 spiro atoms. The van der Waals surface area contributed by atoms with Crippen LogP contribution in [0, 0.1) is 0 Å². The molecule has 6 nitrogen and oxygen atoms in total. The molecule has 30 heavy (non-hydrogen) atoms. The van der Waals surface area contributed by atoms with Gasteiger partial charge in [0.1, 0.15) is 30.3 Å². The maximum Gasteiger partial charge on any atom is 0.303 e. The Morgan fingerprint density at radius 1 is 1.03 bits per heavy atom. The van der Waals surface area contributed by atoms with Gasteiger partial charge >= 0.3 is 5.97 Å². The molecule has 3 atom stereocenters. The zero-order valence-electron chi connectivity index (χ0n) is 17.7. The van der Waals surface area contributed by atoms with E-state index < -0.39 is 23.7 Å². The lowest BCUT2D eigenvalue weighted by atomic mass is 9.78. The molecule has 0 aliphatic rings. The van der Waals surface area contributed by atoms with E-state index in [0.29, 0.717) is 11.5 Å². The van der Waals surface area contributed by atoms with Gasteiger partial charge in [0.05, 0.1) is 6.61 Å². The zero-order chi connectivity index (χ0) is 22.3. The van der Waals surface area contributed by atoms with Crippen LogP contribution < -0.4 is 9.47 Å².